The monoisotopic (exact) mass is 227 g/mol. The fourth-order valence-electron chi connectivity index (χ4n) is 1.93. The molecule has 0 fully saturated rings. The molecule has 1 N–H and O–H groups in total. The van der Waals surface area contributed by atoms with E-state index in [1.165, 1.54) is 5.56 Å². The summed E-state index contributed by atoms with van der Waals surface area (Å²) < 4.78 is 0. The van der Waals surface area contributed by atoms with Gasteiger partial charge in [0.1, 0.15) is 0 Å². The molecule has 1 aromatic heterocycles. The minimum atomic E-state index is -0.427. The molecule has 2 nitrogen and oxygen atoms in total. The van der Waals surface area contributed by atoms with Crippen LogP contribution in [0.4, 0.5) is 0 Å². The largest absolute Gasteiger partial charge is 0.388 e. The van der Waals surface area contributed by atoms with E-state index in [1.807, 2.05) is 31.2 Å². The van der Waals surface area contributed by atoms with Crippen LogP contribution in [-0.4, -0.2) is 10.1 Å². The normalized spacial score (nSPS) is 12.4. The molecule has 88 valence electrons. The SMILES string of the molecule is Cc1ccncc1C(O)CCc1ccccc1. The molecule has 0 spiro atoms. The number of nitrogens with zero attached hydrogens (tertiary/aromatic N) is 1. The summed E-state index contributed by atoms with van der Waals surface area (Å²) >= 11 is 0. The van der Waals surface area contributed by atoms with E-state index in [0.717, 1.165) is 24.0 Å². The molecular formula is C15H17NO. The predicted octanol–water partition coefficient (Wildman–Crippen LogP) is 3.06. The number of benzene rings is 1. The van der Waals surface area contributed by atoms with Crippen LogP contribution < -0.4 is 0 Å². The summed E-state index contributed by atoms with van der Waals surface area (Å²) in [7, 11) is 0. The molecule has 1 atom stereocenters. The molecule has 0 saturated heterocycles. The lowest BCUT2D eigenvalue weighted by atomic mass is 10.00. The van der Waals surface area contributed by atoms with Gasteiger partial charge in [-0.25, -0.2) is 0 Å². The smallest absolute Gasteiger partial charge is 0.0810 e. The third-order valence-electron chi connectivity index (χ3n) is 2.99. The van der Waals surface area contributed by atoms with Gasteiger partial charge in [0.05, 0.1) is 6.10 Å². The van der Waals surface area contributed by atoms with Crippen molar-refractivity contribution in [1.29, 1.82) is 0 Å². The van der Waals surface area contributed by atoms with E-state index in [4.69, 9.17) is 0 Å². The molecule has 2 heteroatoms. The molecule has 0 aliphatic heterocycles. The third-order valence-corrected chi connectivity index (χ3v) is 2.99. The van der Waals surface area contributed by atoms with Crippen LogP contribution in [0, 0.1) is 6.92 Å². The Morgan fingerprint density at radius 1 is 1.18 bits per heavy atom. The summed E-state index contributed by atoms with van der Waals surface area (Å²) in [5, 5.41) is 10.1. The zero-order valence-electron chi connectivity index (χ0n) is 10.0. The molecule has 0 aliphatic rings. The van der Waals surface area contributed by atoms with E-state index in [2.05, 4.69) is 17.1 Å². The second-order valence-electron chi connectivity index (χ2n) is 4.27. The van der Waals surface area contributed by atoms with Crippen molar-refractivity contribution in [2.75, 3.05) is 0 Å². The van der Waals surface area contributed by atoms with Crippen molar-refractivity contribution in [1.82, 2.24) is 4.98 Å². The van der Waals surface area contributed by atoms with E-state index in [9.17, 15) is 5.11 Å². The van der Waals surface area contributed by atoms with Crippen molar-refractivity contribution in [3.8, 4) is 0 Å². The van der Waals surface area contributed by atoms with Gasteiger partial charge in [0.2, 0.25) is 0 Å². The number of aryl methyl sites for hydroxylation is 2. The number of aliphatic hydroxyl groups excluding tert-OH is 1. The van der Waals surface area contributed by atoms with Crippen LogP contribution in [0.5, 0.6) is 0 Å². The van der Waals surface area contributed by atoms with Crippen molar-refractivity contribution in [3.05, 3.63) is 65.5 Å². The highest BCUT2D eigenvalue weighted by Crippen LogP contribution is 2.21. The average molecular weight is 227 g/mol. The molecule has 0 radical (unpaired) electrons. The van der Waals surface area contributed by atoms with Crippen molar-refractivity contribution in [3.63, 3.8) is 0 Å². The van der Waals surface area contributed by atoms with Crippen LogP contribution in [-0.2, 0) is 6.42 Å². The number of hydrogen-bond donors (Lipinski definition) is 1. The molecule has 1 unspecified atom stereocenters. The first-order valence-electron chi connectivity index (χ1n) is 5.90. The lowest BCUT2D eigenvalue weighted by Gasteiger charge is -2.12. The van der Waals surface area contributed by atoms with Gasteiger partial charge in [-0.3, -0.25) is 4.98 Å². The van der Waals surface area contributed by atoms with E-state index >= 15 is 0 Å². The van der Waals surface area contributed by atoms with Crippen LogP contribution in [0.15, 0.2) is 48.8 Å². The van der Waals surface area contributed by atoms with Crippen molar-refractivity contribution >= 4 is 0 Å². The fraction of sp³-hybridized carbons (Fsp3) is 0.267. The van der Waals surface area contributed by atoms with Gasteiger partial charge in [0, 0.05) is 18.0 Å². The number of pyridine rings is 1. The highest BCUT2D eigenvalue weighted by atomic mass is 16.3. The number of rotatable bonds is 4. The molecule has 0 aliphatic carbocycles. The maximum Gasteiger partial charge on any atom is 0.0810 e. The van der Waals surface area contributed by atoms with Gasteiger partial charge < -0.3 is 5.11 Å². The van der Waals surface area contributed by atoms with Crippen LogP contribution in [0.2, 0.25) is 0 Å². The minimum Gasteiger partial charge on any atom is -0.388 e. The molecule has 17 heavy (non-hydrogen) atoms. The Morgan fingerprint density at radius 3 is 2.65 bits per heavy atom. The second kappa shape index (κ2) is 5.60. The Morgan fingerprint density at radius 2 is 1.94 bits per heavy atom. The third kappa shape index (κ3) is 3.14. The molecule has 0 saturated carbocycles. The maximum absolute atomic E-state index is 10.1. The van der Waals surface area contributed by atoms with Gasteiger partial charge in [-0.15, -0.1) is 0 Å². The summed E-state index contributed by atoms with van der Waals surface area (Å²) in [6.07, 6.45) is 4.70. The summed E-state index contributed by atoms with van der Waals surface area (Å²) in [6.45, 7) is 2.00. The first-order valence-corrected chi connectivity index (χ1v) is 5.90. The average Bonchev–Trinajstić information content (AvgIpc) is 2.38. The first-order chi connectivity index (χ1) is 8.27. The zero-order valence-corrected chi connectivity index (χ0v) is 10.0. The molecule has 1 aromatic carbocycles. The maximum atomic E-state index is 10.1. The molecule has 0 amide bonds. The first kappa shape index (κ1) is 11.8. The van der Waals surface area contributed by atoms with Gasteiger partial charge in [0.15, 0.2) is 0 Å². The highest BCUT2D eigenvalue weighted by Gasteiger charge is 2.10. The van der Waals surface area contributed by atoms with Crippen LogP contribution in [0.1, 0.15) is 29.2 Å². The number of aromatic nitrogens is 1. The predicted molar refractivity (Wildman–Crippen MR) is 68.7 cm³/mol. The number of hydrogen-bond acceptors (Lipinski definition) is 2. The van der Waals surface area contributed by atoms with Gasteiger partial charge in [-0.1, -0.05) is 30.3 Å². The van der Waals surface area contributed by atoms with Crippen molar-refractivity contribution < 1.29 is 5.11 Å². The zero-order chi connectivity index (χ0) is 12.1. The van der Waals surface area contributed by atoms with Crippen LogP contribution >= 0.6 is 0 Å². The van der Waals surface area contributed by atoms with E-state index in [1.54, 1.807) is 12.4 Å². The Kier molecular flexibility index (Phi) is 3.89. The molecule has 1 heterocycles. The summed E-state index contributed by atoms with van der Waals surface area (Å²) in [4.78, 5) is 4.06. The van der Waals surface area contributed by atoms with Gasteiger partial charge in [-0.2, -0.15) is 0 Å². The quantitative estimate of drug-likeness (QED) is 0.870. The summed E-state index contributed by atoms with van der Waals surface area (Å²) in [5.41, 5.74) is 3.29. The Bertz CT molecular complexity index is 467. The van der Waals surface area contributed by atoms with E-state index in [0.29, 0.717) is 0 Å². The van der Waals surface area contributed by atoms with Crippen molar-refractivity contribution in [2.45, 2.75) is 25.9 Å². The van der Waals surface area contributed by atoms with E-state index in [-0.39, 0.29) is 0 Å². The summed E-state index contributed by atoms with van der Waals surface area (Å²) in [6, 6.07) is 12.2. The molecular weight excluding hydrogens is 210 g/mol. The minimum absolute atomic E-state index is 0.427. The lowest BCUT2D eigenvalue weighted by Crippen LogP contribution is -2.02. The Labute approximate surface area is 102 Å². The highest BCUT2D eigenvalue weighted by molar-refractivity contribution is 5.24. The molecule has 2 aromatic rings. The molecule has 2 rings (SSSR count). The van der Waals surface area contributed by atoms with Crippen molar-refractivity contribution in [2.24, 2.45) is 0 Å². The standard InChI is InChI=1S/C15H17NO/c1-12-9-10-16-11-14(12)15(17)8-7-13-5-3-2-4-6-13/h2-6,9-11,15,17H,7-8H2,1H3. The topological polar surface area (TPSA) is 33.1 Å². The van der Waals surface area contributed by atoms with Crippen LogP contribution in [0.3, 0.4) is 0 Å². The van der Waals surface area contributed by atoms with Gasteiger partial charge in [-0.05, 0) is 37.0 Å². The Hall–Kier alpha value is -1.67. The van der Waals surface area contributed by atoms with Crippen LogP contribution in [0.25, 0.3) is 0 Å². The second-order valence-corrected chi connectivity index (χ2v) is 4.27. The number of aliphatic hydroxyl groups is 1. The lowest BCUT2D eigenvalue weighted by molar-refractivity contribution is 0.166. The fourth-order valence-corrected chi connectivity index (χ4v) is 1.93. The van der Waals surface area contributed by atoms with E-state index < -0.39 is 6.10 Å². The Balaban J connectivity index is 1.99. The molecule has 0 bridgehead atoms. The summed E-state index contributed by atoms with van der Waals surface area (Å²) in [5.74, 6) is 0. The van der Waals surface area contributed by atoms with Gasteiger partial charge >= 0.3 is 0 Å². The van der Waals surface area contributed by atoms with Gasteiger partial charge in [0.25, 0.3) is 0 Å².